The van der Waals surface area contributed by atoms with Crippen molar-refractivity contribution in [2.75, 3.05) is 19.8 Å². The second-order valence-corrected chi connectivity index (χ2v) is 6.35. The van der Waals surface area contributed by atoms with Crippen LogP contribution in [0.4, 0.5) is 0 Å². The van der Waals surface area contributed by atoms with Crippen LogP contribution in [-0.4, -0.2) is 19.8 Å². The first-order chi connectivity index (χ1) is 11.3. The van der Waals surface area contributed by atoms with Crippen molar-refractivity contribution in [3.63, 3.8) is 0 Å². The summed E-state index contributed by atoms with van der Waals surface area (Å²) in [5.74, 6) is 0. The first-order valence-electron chi connectivity index (χ1n) is 7.63. The van der Waals surface area contributed by atoms with Crippen molar-refractivity contribution in [3.8, 4) is 0 Å². The third kappa shape index (κ3) is 51.7. The van der Waals surface area contributed by atoms with Gasteiger partial charge in [-0.15, -0.1) is 13.6 Å². The van der Waals surface area contributed by atoms with E-state index in [-0.39, 0.29) is 40.8 Å². The molecule has 0 saturated carbocycles. The minimum atomic E-state index is -2.61. The van der Waals surface area contributed by atoms with E-state index in [1.54, 1.807) is 0 Å². The van der Waals surface area contributed by atoms with Crippen LogP contribution in [0.25, 0.3) is 0 Å². The van der Waals surface area contributed by atoms with Crippen molar-refractivity contribution in [2.24, 2.45) is 0 Å². The number of rotatable bonds is 12. The summed E-state index contributed by atoms with van der Waals surface area (Å²) in [4.78, 5) is 29.1. The summed E-state index contributed by atoms with van der Waals surface area (Å²) in [6.07, 6.45) is 5.31. The van der Waals surface area contributed by atoms with Crippen LogP contribution in [0.5, 0.6) is 0 Å². The third-order valence-electron chi connectivity index (χ3n) is 2.08. The van der Waals surface area contributed by atoms with E-state index >= 15 is 0 Å². The molecule has 0 aromatic heterocycles. The molecule has 3 atom stereocenters. The second kappa shape index (κ2) is 30.1. The molecule has 13 heteroatoms. The van der Waals surface area contributed by atoms with E-state index in [0.29, 0.717) is 19.8 Å². The van der Waals surface area contributed by atoms with Gasteiger partial charge < -0.3 is 14.7 Å². The van der Waals surface area contributed by atoms with Gasteiger partial charge in [-0.05, 0) is 33.0 Å². The van der Waals surface area contributed by atoms with Crippen LogP contribution in [0.15, 0.2) is 0 Å². The Morgan fingerprint density at radius 2 is 0.800 bits per heavy atom. The van der Waals surface area contributed by atoms with Crippen LogP contribution in [0, 0.1) is 40.8 Å². The zero-order valence-electron chi connectivity index (χ0n) is 14.9. The van der Waals surface area contributed by atoms with Gasteiger partial charge >= 0.3 is 65.6 Å². The van der Waals surface area contributed by atoms with Gasteiger partial charge in [-0.2, -0.15) is 0 Å². The van der Waals surface area contributed by atoms with E-state index in [1.807, 2.05) is 20.8 Å². The van der Waals surface area contributed by atoms with Crippen LogP contribution in [0.1, 0.15) is 59.3 Å². The molecule has 0 aliphatic heterocycles. The SMILES string of the molecule is CCCCO[P+](=O)[O-].CCCCO[P+](=O)[O-].CCCCO[P+](=O)[O-].[Nd+3]. The molecule has 145 valence electrons. The summed E-state index contributed by atoms with van der Waals surface area (Å²) in [5.41, 5.74) is 0. The molecule has 0 aliphatic carbocycles. The standard InChI is InChI=1S/3C4H9O3P.Nd/c3*1-2-3-4-7-8(5)6;/h3*2-4H2,1H3;/q;;;+3. The molecule has 0 spiro atoms. The Labute approximate surface area is 185 Å². The number of hydrogen-bond donors (Lipinski definition) is 0. The van der Waals surface area contributed by atoms with Crippen LogP contribution in [-0.2, 0) is 27.3 Å². The summed E-state index contributed by atoms with van der Waals surface area (Å²) in [7, 11) is -7.84. The molecule has 0 amide bonds. The van der Waals surface area contributed by atoms with E-state index < -0.39 is 24.8 Å². The molecule has 0 saturated heterocycles. The van der Waals surface area contributed by atoms with Gasteiger partial charge in [0.05, 0.1) is 0 Å². The van der Waals surface area contributed by atoms with Gasteiger partial charge in [0.25, 0.3) is 0 Å². The average Bonchev–Trinajstić information content (AvgIpc) is 2.48. The van der Waals surface area contributed by atoms with Crippen molar-refractivity contribution >= 4 is 24.8 Å². The van der Waals surface area contributed by atoms with Crippen molar-refractivity contribution in [1.82, 2.24) is 0 Å². The van der Waals surface area contributed by atoms with Gasteiger partial charge in [0.2, 0.25) is 0 Å². The maximum Gasteiger partial charge on any atom is 3.00 e. The topological polar surface area (TPSA) is 148 Å². The Balaban J connectivity index is -0.000000130. The largest absolute Gasteiger partial charge is 3.00 e. The fraction of sp³-hybridized carbons (Fsp3) is 1.00. The number of hydrogen-bond acceptors (Lipinski definition) is 9. The molecule has 9 nitrogen and oxygen atoms in total. The third-order valence-corrected chi connectivity index (χ3v) is 3.26. The summed E-state index contributed by atoms with van der Waals surface area (Å²) < 4.78 is 41.8. The minimum absolute atomic E-state index is 0. The molecule has 3 unspecified atom stereocenters. The van der Waals surface area contributed by atoms with Gasteiger partial charge in [0, 0.05) is 0 Å². The first-order valence-corrected chi connectivity index (χ1v) is 10.9. The van der Waals surface area contributed by atoms with Gasteiger partial charge in [-0.1, -0.05) is 40.0 Å². The van der Waals surface area contributed by atoms with Crippen molar-refractivity contribution in [2.45, 2.75) is 59.3 Å². The molecule has 1 radical (unpaired) electrons. The molecule has 0 bridgehead atoms. The Morgan fingerprint density at radius 3 is 0.920 bits per heavy atom. The quantitative estimate of drug-likeness (QED) is 0.263. The van der Waals surface area contributed by atoms with Gasteiger partial charge in [0.1, 0.15) is 19.8 Å². The summed E-state index contributed by atoms with van der Waals surface area (Å²) in [6, 6.07) is 0. The molecular weight excluding hydrogens is 525 g/mol. The minimum Gasteiger partial charge on any atom is -0.566 e. The molecule has 0 N–H and O–H groups in total. The van der Waals surface area contributed by atoms with E-state index in [1.165, 1.54) is 0 Å². The fourth-order valence-corrected chi connectivity index (χ4v) is 1.68. The zero-order chi connectivity index (χ0) is 19.2. The Bertz CT molecular complexity index is 275. The van der Waals surface area contributed by atoms with E-state index in [0.717, 1.165) is 38.5 Å². The fourth-order valence-electron chi connectivity index (χ4n) is 0.850. The van der Waals surface area contributed by atoms with E-state index in [4.69, 9.17) is 0 Å². The summed E-state index contributed by atoms with van der Waals surface area (Å²) in [5, 5.41) is 0. The molecular formula is C12H27NdO9P3+3. The van der Waals surface area contributed by atoms with Crippen molar-refractivity contribution < 1.29 is 82.8 Å². The molecule has 0 heterocycles. The second-order valence-electron chi connectivity index (χ2n) is 4.23. The van der Waals surface area contributed by atoms with Crippen LogP contribution in [0.3, 0.4) is 0 Å². The van der Waals surface area contributed by atoms with Gasteiger partial charge in [-0.3, -0.25) is 0 Å². The van der Waals surface area contributed by atoms with E-state index in [2.05, 4.69) is 13.6 Å². The normalized spacial score (nSPS) is 11.0. The van der Waals surface area contributed by atoms with Crippen molar-refractivity contribution in [1.29, 1.82) is 0 Å². The monoisotopic (exact) mass is 550 g/mol. The zero-order valence-corrected chi connectivity index (χ0v) is 20.8. The van der Waals surface area contributed by atoms with Crippen LogP contribution in [0.2, 0.25) is 0 Å². The van der Waals surface area contributed by atoms with Gasteiger partial charge in [-0.25, -0.2) is 0 Å². The summed E-state index contributed by atoms with van der Waals surface area (Å²) in [6.45, 7) is 6.91. The predicted molar refractivity (Wildman–Crippen MR) is 85.4 cm³/mol. The van der Waals surface area contributed by atoms with Crippen molar-refractivity contribution in [3.05, 3.63) is 0 Å². The molecule has 0 aromatic rings. The van der Waals surface area contributed by atoms with Gasteiger partial charge in [0.15, 0.2) is 0 Å². The smallest absolute Gasteiger partial charge is 0.566 e. The Morgan fingerprint density at radius 1 is 0.600 bits per heavy atom. The van der Waals surface area contributed by atoms with E-state index in [9.17, 15) is 28.4 Å². The molecule has 0 aromatic carbocycles. The van der Waals surface area contributed by atoms with Crippen LogP contribution < -0.4 is 14.7 Å². The van der Waals surface area contributed by atoms with Crippen LogP contribution >= 0.6 is 24.8 Å². The molecule has 25 heavy (non-hydrogen) atoms. The molecule has 0 aliphatic rings. The Kier molecular flexibility index (Phi) is 40.9. The summed E-state index contributed by atoms with van der Waals surface area (Å²) >= 11 is 0. The average molecular weight is 553 g/mol. The molecule has 0 fully saturated rings. The molecule has 0 rings (SSSR count). The first kappa shape index (κ1) is 34.0. The Hall–Kier alpha value is 1.41. The number of unbranched alkanes of at least 4 members (excludes halogenated alkanes) is 3. The maximum atomic E-state index is 9.69. The predicted octanol–water partition coefficient (Wildman–Crippen LogP) is 2.46. The maximum absolute atomic E-state index is 9.69.